The molecule has 0 saturated carbocycles. The average Bonchev–Trinajstić information content (AvgIpc) is 2.16. The SMILES string of the molecule is COC(=O)[C@H](C)N1CCCC[C@H]1C. The Morgan fingerprint density at radius 1 is 1.54 bits per heavy atom. The van der Waals surface area contributed by atoms with E-state index in [0.29, 0.717) is 6.04 Å². The molecule has 1 aliphatic rings. The molecule has 1 saturated heterocycles. The molecule has 0 aromatic rings. The molecule has 0 aliphatic carbocycles. The van der Waals surface area contributed by atoms with Crippen molar-refractivity contribution < 1.29 is 9.53 Å². The highest BCUT2D eigenvalue weighted by Crippen LogP contribution is 2.19. The summed E-state index contributed by atoms with van der Waals surface area (Å²) < 4.78 is 4.73. The molecule has 1 fully saturated rings. The lowest BCUT2D eigenvalue weighted by molar-refractivity contribution is -0.147. The molecule has 0 radical (unpaired) electrons. The largest absolute Gasteiger partial charge is 0.468 e. The van der Waals surface area contributed by atoms with Crippen LogP contribution in [0.5, 0.6) is 0 Å². The minimum absolute atomic E-state index is 0.0831. The molecule has 0 amide bonds. The lowest BCUT2D eigenvalue weighted by Crippen LogP contribution is -2.47. The minimum atomic E-state index is -0.117. The molecule has 1 aliphatic heterocycles. The van der Waals surface area contributed by atoms with Crippen LogP contribution in [0.25, 0.3) is 0 Å². The second-order valence-corrected chi connectivity index (χ2v) is 3.78. The first-order valence-corrected chi connectivity index (χ1v) is 5.00. The van der Waals surface area contributed by atoms with Crippen LogP contribution < -0.4 is 0 Å². The van der Waals surface area contributed by atoms with Crippen LogP contribution in [0.2, 0.25) is 0 Å². The first-order valence-electron chi connectivity index (χ1n) is 5.00. The zero-order valence-corrected chi connectivity index (χ0v) is 8.75. The lowest BCUT2D eigenvalue weighted by Gasteiger charge is -2.36. The second kappa shape index (κ2) is 4.61. The number of hydrogen-bond acceptors (Lipinski definition) is 3. The number of hydrogen-bond donors (Lipinski definition) is 0. The van der Waals surface area contributed by atoms with Gasteiger partial charge in [0, 0.05) is 6.04 Å². The van der Waals surface area contributed by atoms with E-state index in [-0.39, 0.29) is 12.0 Å². The first-order chi connectivity index (χ1) is 6.16. The van der Waals surface area contributed by atoms with Crippen molar-refractivity contribution in [3.63, 3.8) is 0 Å². The normalized spacial score (nSPS) is 26.8. The Kier molecular flexibility index (Phi) is 3.72. The maximum atomic E-state index is 11.3. The fourth-order valence-corrected chi connectivity index (χ4v) is 2.00. The monoisotopic (exact) mass is 185 g/mol. The molecule has 1 heterocycles. The average molecular weight is 185 g/mol. The molecule has 13 heavy (non-hydrogen) atoms. The van der Waals surface area contributed by atoms with Crippen LogP contribution in [0.15, 0.2) is 0 Å². The molecule has 0 bridgehead atoms. The summed E-state index contributed by atoms with van der Waals surface area (Å²) in [6, 6.07) is 0.433. The van der Waals surface area contributed by atoms with Gasteiger partial charge in [0.05, 0.1) is 7.11 Å². The maximum absolute atomic E-state index is 11.3. The zero-order chi connectivity index (χ0) is 9.84. The summed E-state index contributed by atoms with van der Waals surface area (Å²) in [5.41, 5.74) is 0. The number of piperidine rings is 1. The number of nitrogens with zero attached hydrogens (tertiary/aromatic N) is 1. The number of carbonyl (C=O) groups excluding carboxylic acids is 1. The summed E-state index contributed by atoms with van der Waals surface area (Å²) in [7, 11) is 1.45. The van der Waals surface area contributed by atoms with Crippen LogP contribution in [0.4, 0.5) is 0 Å². The Morgan fingerprint density at radius 2 is 2.23 bits per heavy atom. The summed E-state index contributed by atoms with van der Waals surface area (Å²) in [6.07, 6.45) is 3.68. The van der Waals surface area contributed by atoms with Crippen LogP contribution in [0, 0.1) is 0 Å². The van der Waals surface area contributed by atoms with Crippen molar-refractivity contribution in [3.05, 3.63) is 0 Å². The van der Waals surface area contributed by atoms with E-state index in [0.717, 1.165) is 6.54 Å². The van der Waals surface area contributed by atoms with E-state index >= 15 is 0 Å². The van der Waals surface area contributed by atoms with Crippen LogP contribution >= 0.6 is 0 Å². The van der Waals surface area contributed by atoms with Crippen LogP contribution in [-0.2, 0) is 9.53 Å². The van der Waals surface area contributed by atoms with E-state index in [1.165, 1.54) is 26.4 Å². The smallest absolute Gasteiger partial charge is 0.322 e. The van der Waals surface area contributed by atoms with Crippen molar-refractivity contribution in [1.29, 1.82) is 0 Å². The number of methoxy groups -OCH3 is 1. The predicted octanol–water partition coefficient (Wildman–Crippen LogP) is 1.42. The van der Waals surface area contributed by atoms with Gasteiger partial charge >= 0.3 is 5.97 Å². The minimum Gasteiger partial charge on any atom is -0.468 e. The second-order valence-electron chi connectivity index (χ2n) is 3.78. The Labute approximate surface area is 80.1 Å². The Hall–Kier alpha value is -0.570. The van der Waals surface area contributed by atoms with Crippen LogP contribution in [0.1, 0.15) is 33.1 Å². The molecule has 0 aromatic carbocycles. The van der Waals surface area contributed by atoms with E-state index in [4.69, 9.17) is 4.74 Å². The van der Waals surface area contributed by atoms with Crippen molar-refractivity contribution in [3.8, 4) is 0 Å². The first kappa shape index (κ1) is 10.5. The Morgan fingerprint density at radius 3 is 2.77 bits per heavy atom. The van der Waals surface area contributed by atoms with Gasteiger partial charge in [-0.2, -0.15) is 0 Å². The van der Waals surface area contributed by atoms with Crippen molar-refractivity contribution in [1.82, 2.24) is 4.90 Å². The maximum Gasteiger partial charge on any atom is 0.322 e. The molecule has 0 aromatic heterocycles. The Balaban J connectivity index is 2.53. The molecular weight excluding hydrogens is 166 g/mol. The summed E-state index contributed by atoms with van der Waals surface area (Å²) in [6.45, 7) is 5.13. The zero-order valence-electron chi connectivity index (χ0n) is 8.75. The van der Waals surface area contributed by atoms with E-state index in [9.17, 15) is 4.79 Å². The predicted molar refractivity (Wildman–Crippen MR) is 51.5 cm³/mol. The molecule has 76 valence electrons. The van der Waals surface area contributed by atoms with E-state index in [2.05, 4.69) is 11.8 Å². The van der Waals surface area contributed by atoms with Gasteiger partial charge in [0.15, 0.2) is 0 Å². The summed E-state index contributed by atoms with van der Waals surface area (Å²) in [5.74, 6) is -0.117. The van der Waals surface area contributed by atoms with Crippen molar-refractivity contribution in [2.75, 3.05) is 13.7 Å². The highest BCUT2D eigenvalue weighted by Gasteiger charge is 2.27. The highest BCUT2D eigenvalue weighted by molar-refractivity contribution is 5.75. The van der Waals surface area contributed by atoms with Gasteiger partial charge in [0.25, 0.3) is 0 Å². The molecule has 3 heteroatoms. The summed E-state index contributed by atoms with van der Waals surface area (Å²) in [4.78, 5) is 13.5. The van der Waals surface area contributed by atoms with Gasteiger partial charge in [0.1, 0.15) is 6.04 Å². The van der Waals surface area contributed by atoms with Gasteiger partial charge in [-0.25, -0.2) is 0 Å². The van der Waals surface area contributed by atoms with Crippen LogP contribution in [-0.4, -0.2) is 36.6 Å². The van der Waals surface area contributed by atoms with Gasteiger partial charge in [-0.3, -0.25) is 9.69 Å². The van der Waals surface area contributed by atoms with Gasteiger partial charge in [-0.1, -0.05) is 6.42 Å². The fourth-order valence-electron chi connectivity index (χ4n) is 2.00. The van der Waals surface area contributed by atoms with Crippen molar-refractivity contribution in [2.24, 2.45) is 0 Å². The van der Waals surface area contributed by atoms with E-state index < -0.39 is 0 Å². The molecule has 3 nitrogen and oxygen atoms in total. The third-order valence-electron chi connectivity index (χ3n) is 2.89. The third kappa shape index (κ3) is 2.44. The third-order valence-corrected chi connectivity index (χ3v) is 2.89. The van der Waals surface area contributed by atoms with Gasteiger partial charge in [-0.05, 0) is 33.2 Å². The molecular formula is C10H19NO2. The summed E-state index contributed by atoms with van der Waals surface area (Å²) >= 11 is 0. The van der Waals surface area contributed by atoms with Crippen molar-refractivity contribution >= 4 is 5.97 Å². The number of ether oxygens (including phenoxy) is 1. The Bertz CT molecular complexity index is 182. The molecule has 0 unspecified atom stereocenters. The van der Waals surface area contributed by atoms with E-state index in [1.807, 2.05) is 6.92 Å². The fraction of sp³-hybridized carbons (Fsp3) is 0.900. The van der Waals surface area contributed by atoms with Crippen LogP contribution in [0.3, 0.4) is 0 Å². The van der Waals surface area contributed by atoms with Gasteiger partial charge < -0.3 is 4.74 Å². The molecule has 2 atom stereocenters. The highest BCUT2D eigenvalue weighted by atomic mass is 16.5. The quantitative estimate of drug-likeness (QED) is 0.609. The van der Waals surface area contributed by atoms with Gasteiger partial charge in [-0.15, -0.1) is 0 Å². The number of rotatable bonds is 2. The topological polar surface area (TPSA) is 29.5 Å². The standard InChI is InChI=1S/C10H19NO2/c1-8-6-4-5-7-11(8)9(2)10(12)13-3/h8-9H,4-7H2,1-3H3/t8-,9+/m1/s1. The lowest BCUT2D eigenvalue weighted by atomic mass is 10.0. The molecule has 0 spiro atoms. The molecule has 0 N–H and O–H groups in total. The van der Waals surface area contributed by atoms with Crippen molar-refractivity contribution in [2.45, 2.75) is 45.2 Å². The van der Waals surface area contributed by atoms with E-state index in [1.54, 1.807) is 0 Å². The number of likely N-dealkylation sites (tertiary alicyclic amines) is 1. The summed E-state index contributed by atoms with van der Waals surface area (Å²) in [5, 5.41) is 0. The molecule has 1 rings (SSSR count). The number of esters is 1. The number of carbonyl (C=O) groups is 1. The van der Waals surface area contributed by atoms with Gasteiger partial charge in [0.2, 0.25) is 0 Å².